The summed E-state index contributed by atoms with van der Waals surface area (Å²) >= 11 is 0. The lowest BCUT2D eigenvalue weighted by Gasteiger charge is -2.45. The molecule has 148 valence electrons. The van der Waals surface area contributed by atoms with Gasteiger partial charge >= 0.3 is 0 Å². The second-order valence-electron chi connectivity index (χ2n) is 8.46. The van der Waals surface area contributed by atoms with E-state index in [2.05, 4.69) is 0 Å². The minimum absolute atomic E-state index is 0.0859. The predicted octanol–water partition coefficient (Wildman–Crippen LogP) is 1.79. The molecule has 0 heterocycles. The summed E-state index contributed by atoms with van der Waals surface area (Å²) in [5.74, 6) is -0.0859. The van der Waals surface area contributed by atoms with Gasteiger partial charge < -0.3 is 29.6 Å². The molecule has 1 fully saturated rings. The number of ether oxygens (including phenoxy) is 2. The molecule has 0 aromatic carbocycles. The third-order valence-electron chi connectivity index (χ3n) is 5.61. The summed E-state index contributed by atoms with van der Waals surface area (Å²) in [6, 6.07) is 0. The quantitative estimate of drug-likeness (QED) is 0.212. The van der Waals surface area contributed by atoms with Crippen LogP contribution in [-0.4, -0.2) is 67.3 Å². The molecule has 0 radical (unpaired) electrons. The Labute approximate surface area is 152 Å². The van der Waals surface area contributed by atoms with Gasteiger partial charge in [-0.25, -0.2) is 0 Å². The molecule has 1 aliphatic carbocycles. The van der Waals surface area contributed by atoms with Crippen molar-refractivity contribution in [2.24, 2.45) is 5.92 Å². The molecule has 0 bridgehead atoms. The van der Waals surface area contributed by atoms with E-state index in [1.54, 1.807) is 7.11 Å². The summed E-state index contributed by atoms with van der Waals surface area (Å²) in [5.41, 5.74) is -0.393. The van der Waals surface area contributed by atoms with Crippen LogP contribution in [0, 0.1) is 5.92 Å². The van der Waals surface area contributed by atoms with Crippen molar-refractivity contribution in [1.29, 1.82) is 0 Å². The lowest BCUT2D eigenvalue weighted by Crippen LogP contribution is -2.48. The molecule has 7 heteroatoms. The Hall–Kier alpha value is -0.283. The summed E-state index contributed by atoms with van der Waals surface area (Å²) < 4.78 is 10.1. The van der Waals surface area contributed by atoms with Crippen LogP contribution >= 0.6 is 0 Å². The number of hydrogen-bond acceptors (Lipinski definition) is 6. The maximum absolute atomic E-state index is 10.6. The van der Waals surface area contributed by atoms with Gasteiger partial charge in [-0.1, -0.05) is 19.9 Å². The van der Waals surface area contributed by atoms with Crippen LogP contribution in [0.3, 0.4) is 0 Å². The molecule has 1 saturated carbocycles. The molecule has 0 saturated heterocycles. The van der Waals surface area contributed by atoms with Crippen molar-refractivity contribution in [3.05, 3.63) is 11.6 Å². The Morgan fingerprint density at radius 1 is 1.32 bits per heavy atom. The zero-order valence-electron chi connectivity index (χ0n) is 16.3. The first kappa shape index (κ1) is 22.8. The molecule has 0 amide bonds. The minimum Gasteiger partial charge on any atom is -0.432 e. The van der Waals surface area contributed by atoms with Gasteiger partial charge in [-0.05, 0) is 48.9 Å². The maximum atomic E-state index is 10.6. The fourth-order valence-corrected chi connectivity index (χ4v) is 4.09. The van der Waals surface area contributed by atoms with E-state index in [0.717, 1.165) is 5.57 Å². The van der Waals surface area contributed by atoms with Crippen LogP contribution in [0.15, 0.2) is 11.6 Å². The molecule has 25 heavy (non-hydrogen) atoms. The lowest BCUT2D eigenvalue weighted by molar-refractivity contribution is -0.0770. The Balaban J connectivity index is 2.95. The molecule has 3 atom stereocenters. The maximum Gasteiger partial charge on any atom is 0.188 e. The summed E-state index contributed by atoms with van der Waals surface area (Å²) in [7, 11) is -0.853. The van der Waals surface area contributed by atoms with Gasteiger partial charge in [-0.3, -0.25) is 0 Å². The smallest absolute Gasteiger partial charge is 0.188 e. The third-order valence-corrected chi connectivity index (χ3v) is 9.12. The fourth-order valence-electron chi connectivity index (χ4n) is 3.35. The molecule has 0 aliphatic heterocycles. The van der Waals surface area contributed by atoms with Gasteiger partial charge in [-0.2, -0.15) is 0 Å². The highest BCUT2D eigenvalue weighted by atomic mass is 28.4. The van der Waals surface area contributed by atoms with Crippen LogP contribution in [0.25, 0.3) is 0 Å². The molecule has 0 spiro atoms. The van der Waals surface area contributed by atoms with Gasteiger partial charge in [0.15, 0.2) is 8.32 Å². The van der Waals surface area contributed by atoms with Crippen LogP contribution in [0.5, 0.6) is 0 Å². The van der Waals surface area contributed by atoms with E-state index in [1.807, 2.05) is 33.0 Å². The molecule has 4 N–H and O–H groups in total. The number of aliphatic hydroxyl groups is 3. The molecule has 0 aromatic rings. The van der Waals surface area contributed by atoms with Crippen LogP contribution in [0.4, 0.5) is 0 Å². The monoisotopic (exact) mass is 376 g/mol. The van der Waals surface area contributed by atoms with Crippen LogP contribution in [0.2, 0.25) is 18.1 Å². The van der Waals surface area contributed by atoms with Crippen molar-refractivity contribution in [1.82, 2.24) is 0 Å². The number of hydrogen-bond donors (Lipinski definition) is 4. The number of methoxy groups -OCH3 is 1. The van der Waals surface area contributed by atoms with E-state index in [0.29, 0.717) is 25.9 Å². The zero-order valence-corrected chi connectivity index (χ0v) is 17.3. The van der Waals surface area contributed by atoms with Crippen LogP contribution in [-0.2, 0) is 9.47 Å². The standard InChI is InChI=1S/C18H36O6Si/c1-17(2,25(4,5)22)9-14-10-18(21,12-19)11-16(20)15(14)7-6-8-24-13-23-3/h7,14,16,19-22H,6,8-13H2,1-5H3/t14-,16-,18+/m1/s1. The van der Waals surface area contributed by atoms with E-state index in [4.69, 9.17) is 9.47 Å². The summed E-state index contributed by atoms with van der Waals surface area (Å²) in [6.07, 6.45) is 3.00. The highest BCUT2D eigenvalue weighted by molar-refractivity contribution is 6.72. The third kappa shape index (κ3) is 6.43. The first-order valence-electron chi connectivity index (χ1n) is 8.96. The molecule has 1 rings (SSSR count). The van der Waals surface area contributed by atoms with Crippen molar-refractivity contribution in [2.75, 3.05) is 27.1 Å². The zero-order chi connectivity index (χ0) is 19.3. The van der Waals surface area contributed by atoms with Gasteiger partial charge in [0.05, 0.1) is 24.9 Å². The average Bonchev–Trinajstić information content (AvgIpc) is 2.47. The molecule has 0 unspecified atom stereocenters. The van der Waals surface area contributed by atoms with Gasteiger partial charge in [0.2, 0.25) is 0 Å². The van der Waals surface area contributed by atoms with Crippen molar-refractivity contribution < 1.29 is 29.6 Å². The number of rotatable bonds is 9. The Bertz CT molecular complexity index is 445. The van der Waals surface area contributed by atoms with Crippen molar-refractivity contribution in [3.63, 3.8) is 0 Å². The first-order chi connectivity index (χ1) is 11.5. The molecular weight excluding hydrogens is 340 g/mol. The summed E-state index contributed by atoms with van der Waals surface area (Å²) in [5, 5.41) is 30.4. The number of aliphatic hydroxyl groups excluding tert-OH is 2. The lowest BCUT2D eigenvalue weighted by atomic mass is 9.70. The molecular formula is C18H36O6Si. The summed E-state index contributed by atoms with van der Waals surface area (Å²) in [4.78, 5) is 10.6. The van der Waals surface area contributed by atoms with E-state index in [-0.39, 0.29) is 30.8 Å². The van der Waals surface area contributed by atoms with Crippen molar-refractivity contribution >= 4 is 8.32 Å². The fraction of sp³-hybridized carbons (Fsp3) is 0.889. The highest BCUT2D eigenvalue weighted by Crippen LogP contribution is 2.48. The Morgan fingerprint density at radius 3 is 2.48 bits per heavy atom. The average molecular weight is 377 g/mol. The van der Waals surface area contributed by atoms with E-state index in [9.17, 15) is 20.1 Å². The summed E-state index contributed by atoms with van der Waals surface area (Å²) in [6.45, 7) is 8.25. The van der Waals surface area contributed by atoms with Crippen molar-refractivity contribution in [3.8, 4) is 0 Å². The van der Waals surface area contributed by atoms with Crippen LogP contribution < -0.4 is 0 Å². The second-order valence-corrected chi connectivity index (χ2v) is 12.9. The largest absolute Gasteiger partial charge is 0.432 e. The normalized spacial score (nSPS) is 30.0. The van der Waals surface area contributed by atoms with Gasteiger partial charge in [0.1, 0.15) is 6.79 Å². The molecule has 0 aromatic heterocycles. The Kier molecular flexibility index (Phi) is 8.26. The van der Waals surface area contributed by atoms with Gasteiger partial charge in [0.25, 0.3) is 0 Å². The van der Waals surface area contributed by atoms with Crippen LogP contribution in [0.1, 0.15) is 39.5 Å². The first-order valence-corrected chi connectivity index (χ1v) is 11.9. The topological polar surface area (TPSA) is 99.4 Å². The SMILES string of the molecule is COCOCCC=C1[C@H](CC(C)(C)[Si](C)(C)O)C[C@@](O)(CO)C[C@H]1O. The van der Waals surface area contributed by atoms with Crippen molar-refractivity contribution in [2.45, 2.75) is 69.4 Å². The highest BCUT2D eigenvalue weighted by Gasteiger charge is 2.46. The predicted molar refractivity (Wildman–Crippen MR) is 99.7 cm³/mol. The van der Waals surface area contributed by atoms with E-state index >= 15 is 0 Å². The minimum atomic E-state index is -2.42. The van der Waals surface area contributed by atoms with E-state index < -0.39 is 20.0 Å². The second kappa shape index (κ2) is 9.08. The Morgan fingerprint density at radius 2 is 1.96 bits per heavy atom. The van der Waals surface area contributed by atoms with Gasteiger partial charge in [-0.15, -0.1) is 0 Å². The van der Waals surface area contributed by atoms with E-state index in [1.165, 1.54) is 0 Å². The molecule has 6 nitrogen and oxygen atoms in total. The molecule has 1 aliphatic rings. The van der Waals surface area contributed by atoms with Gasteiger partial charge in [0, 0.05) is 13.5 Å².